The number of benzene rings is 3. The summed E-state index contributed by atoms with van der Waals surface area (Å²) in [5.74, 6) is 0.381. The molecule has 176 valence electrons. The highest BCUT2D eigenvalue weighted by atomic mass is 79.9. The van der Waals surface area contributed by atoms with Crippen molar-refractivity contribution < 1.29 is 19.1 Å². The van der Waals surface area contributed by atoms with Gasteiger partial charge in [0.25, 0.3) is 0 Å². The Morgan fingerprint density at radius 3 is 2.32 bits per heavy atom. The number of halogens is 1. The first-order valence-corrected chi connectivity index (χ1v) is 12.0. The first-order chi connectivity index (χ1) is 16.5. The zero-order valence-corrected chi connectivity index (χ0v) is 20.6. The van der Waals surface area contributed by atoms with Gasteiger partial charge < -0.3 is 19.3 Å². The number of ether oxygens (including phenoxy) is 2. The van der Waals surface area contributed by atoms with Gasteiger partial charge in [0.2, 0.25) is 5.91 Å². The van der Waals surface area contributed by atoms with Crippen molar-refractivity contribution in [3.05, 3.63) is 94.5 Å². The summed E-state index contributed by atoms with van der Waals surface area (Å²) in [4.78, 5) is 29.7. The second-order valence-corrected chi connectivity index (χ2v) is 9.05. The predicted octanol–water partition coefficient (Wildman–Crippen LogP) is 5.65. The lowest BCUT2D eigenvalue weighted by Crippen LogP contribution is -2.38. The summed E-state index contributed by atoms with van der Waals surface area (Å²) >= 11 is 3.60. The molecule has 0 spiro atoms. The molecule has 0 saturated carbocycles. The number of hydrogen-bond donors (Lipinski definition) is 0. The Morgan fingerprint density at radius 1 is 1.00 bits per heavy atom. The number of methoxy groups -OCH3 is 1. The van der Waals surface area contributed by atoms with E-state index in [9.17, 15) is 9.59 Å². The van der Waals surface area contributed by atoms with Gasteiger partial charge in [-0.3, -0.25) is 4.79 Å². The van der Waals surface area contributed by atoms with Crippen LogP contribution in [0, 0.1) is 5.92 Å². The van der Waals surface area contributed by atoms with Crippen molar-refractivity contribution in [2.24, 2.45) is 5.92 Å². The van der Waals surface area contributed by atoms with Crippen LogP contribution in [0.2, 0.25) is 0 Å². The second-order valence-electron chi connectivity index (χ2n) is 8.20. The summed E-state index contributed by atoms with van der Waals surface area (Å²) in [7, 11) is 1.61. The number of hydrogen-bond acceptors (Lipinski definition) is 4. The van der Waals surface area contributed by atoms with Crippen molar-refractivity contribution in [1.29, 1.82) is 0 Å². The van der Waals surface area contributed by atoms with Gasteiger partial charge in [0.1, 0.15) is 12.4 Å². The molecule has 0 aliphatic carbocycles. The van der Waals surface area contributed by atoms with Gasteiger partial charge in [-0.25, -0.2) is 4.79 Å². The van der Waals surface area contributed by atoms with Gasteiger partial charge in [-0.05, 0) is 51.7 Å². The number of likely N-dealkylation sites (tertiary alicyclic amines) is 1. The standard InChI is InChI=1S/C27H27BrN2O4/c1-33-23-12-13-25(24(28)16-23)30(17-20-8-4-2-5-9-20)26(31)22-14-15-29(18-22)27(32)34-19-21-10-6-3-7-11-21/h2-13,16,22H,14-15,17-19H2,1H3. The summed E-state index contributed by atoms with van der Waals surface area (Å²) in [5, 5.41) is 0. The minimum absolute atomic E-state index is 0.0203. The summed E-state index contributed by atoms with van der Waals surface area (Å²) in [5.41, 5.74) is 2.72. The maximum Gasteiger partial charge on any atom is 0.410 e. The Morgan fingerprint density at radius 2 is 1.68 bits per heavy atom. The van der Waals surface area contributed by atoms with E-state index in [2.05, 4.69) is 15.9 Å². The van der Waals surface area contributed by atoms with E-state index in [1.165, 1.54) is 0 Å². The summed E-state index contributed by atoms with van der Waals surface area (Å²) < 4.78 is 11.5. The molecule has 0 aromatic heterocycles. The van der Waals surface area contributed by atoms with E-state index in [1.807, 2.05) is 78.9 Å². The van der Waals surface area contributed by atoms with Gasteiger partial charge in [0, 0.05) is 17.6 Å². The highest BCUT2D eigenvalue weighted by Gasteiger charge is 2.35. The maximum atomic E-state index is 13.7. The molecule has 1 aliphatic heterocycles. The number of nitrogens with zero attached hydrogens (tertiary/aromatic N) is 2. The van der Waals surface area contributed by atoms with Crippen LogP contribution in [0.15, 0.2) is 83.3 Å². The van der Waals surface area contributed by atoms with Crippen molar-refractivity contribution in [3.8, 4) is 5.75 Å². The fraction of sp³-hybridized carbons (Fsp3) is 0.259. The Bertz CT molecular complexity index is 1120. The van der Waals surface area contributed by atoms with Crippen molar-refractivity contribution in [2.75, 3.05) is 25.1 Å². The number of carbonyl (C=O) groups is 2. The Labute approximate surface area is 208 Å². The van der Waals surface area contributed by atoms with Crippen molar-refractivity contribution >= 4 is 33.6 Å². The van der Waals surface area contributed by atoms with Crippen LogP contribution in [-0.4, -0.2) is 37.1 Å². The number of rotatable bonds is 7. The van der Waals surface area contributed by atoms with Crippen LogP contribution in [0.3, 0.4) is 0 Å². The van der Waals surface area contributed by atoms with Crippen LogP contribution in [0.4, 0.5) is 10.5 Å². The lowest BCUT2D eigenvalue weighted by atomic mass is 10.1. The molecule has 1 aliphatic rings. The first kappa shape index (κ1) is 23.8. The maximum absolute atomic E-state index is 13.7. The molecule has 4 rings (SSSR count). The van der Waals surface area contributed by atoms with E-state index in [-0.39, 0.29) is 24.5 Å². The fourth-order valence-corrected chi connectivity index (χ4v) is 4.61. The quantitative estimate of drug-likeness (QED) is 0.402. The smallest absolute Gasteiger partial charge is 0.410 e. The molecule has 0 bridgehead atoms. The molecule has 1 atom stereocenters. The summed E-state index contributed by atoms with van der Waals surface area (Å²) in [6.45, 7) is 1.48. The second kappa shape index (κ2) is 11.2. The molecule has 3 aromatic rings. The van der Waals surface area contributed by atoms with E-state index in [4.69, 9.17) is 9.47 Å². The third-order valence-electron chi connectivity index (χ3n) is 5.90. The third-order valence-corrected chi connectivity index (χ3v) is 6.53. The SMILES string of the molecule is COc1ccc(N(Cc2ccccc2)C(=O)C2CCN(C(=O)OCc3ccccc3)C2)c(Br)c1. The van der Waals surface area contributed by atoms with Crippen molar-refractivity contribution in [1.82, 2.24) is 4.90 Å². The molecule has 1 unspecified atom stereocenters. The average molecular weight is 523 g/mol. The topological polar surface area (TPSA) is 59.1 Å². The van der Waals surface area contributed by atoms with Crippen molar-refractivity contribution in [2.45, 2.75) is 19.6 Å². The fourth-order valence-electron chi connectivity index (χ4n) is 4.04. The van der Waals surface area contributed by atoms with Crippen LogP contribution in [-0.2, 0) is 22.7 Å². The van der Waals surface area contributed by atoms with Crippen molar-refractivity contribution in [3.63, 3.8) is 0 Å². The van der Waals surface area contributed by atoms with E-state index < -0.39 is 0 Å². The molecular formula is C27H27BrN2O4. The normalized spacial score (nSPS) is 15.1. The van der Waals surface area contributed by atoms with Crippen LogP contribution in [0.1, 0.15) is 17.5 Å². The van der Waals surface area contributed by atoms with Gasteiger partial charge in [0.05, 0.1) is 25.3 Å². The third kappa shape index (κ3) is 5.78. The molecule has 1 saturated heterocycles. The van der Waals surface area contributed by atoms with E-state index in [0.29, 0.717) is 31.8 Å². The minimum atomic E-state index is -0.389. The molecule has 2 amide bonds. The lowest BCUT2D eigenvalue weighted by Gasteiger charge is -2.27. The zero-order valence-electron chi connectivity index (χ0n) is 19.0. The number of anilines is 1. The van der Waals surface area contributed by atoms with E-state index in [0.717, 1.165) is 21.3 Å². The Kier molecular flexibility index (Phi) is 7.85. The van der Waals surface area contributed by atoms with E-state index >= 15 is 0 Å². The molecule has 0 radical (unpaired) electrons. The van der Waals surface area contributed by atoms with Crippen LogP contribution < -0.4 is 9.64 Å². The molecule has 6 nitrogen and oxygen atoms in total. The Hall–Kier alpha value is -3.32. The molecule has 7 heteroatoms. The van der Waals surface area contributed by atoms with Gasteiger partial charge in [-0.2, -0.15) is 0 Å². The average Bonchev–Trinajstić information content (AvgIpc) is 3.37. The van der Waals surface area contributed by atoms with Crippen LogP contribution in [0.25, 0.3) is 0 Å². The molecule has 1 fully saturated rings. The van der Waals surface area contributed by atoms with Gasteiger partial charge in [0.15, 0.2) is 0 Å². The monoisotopic (exact) mass is 522 g/mol. The van der Waals surface area contributed by atoms with Crippen LogP contribution >= 0.6 is 15.9 Å². The molecule has 0 N–H and O–H groups in total. The first-order valence-electron chi connectivity index (χ1n) is 11.2. The molecule has 3 aromatic carbocycles. The summed E-state index contributed by atoms with van der Waals surface area (Å²) in [6.07, 6.45) is 0.206. The molecular weight excluding hydrogens is 496 g/mol. The molecule has 1 heterocycles. The predicted molar refractivity (Wildman–Crippen MR) is 135 cm³/mol. The van der Waals surface area contributed by atoms with E-state index in [1.54, 1.807) is 16.9 Å². The highest BCUT2D eigenvalue weighted by molar-refractivity contribution is 9.10. The summed E-state index contributed by atoms with van der Waals surface area (Å²) in [6, 6.07) is 25.0. The van der Waals surface area contributed by atoms with Crippen LogP contribution in [0.5, 0.6) is 5.75 Å². The van der Waals surface area contributed by atoms with Gasteiger partial charge in [-0.1, -0.05) is 60.7 Å². The van der Waals surface area contributed by atoms with Gasteiger partial charge >= 0.3 is 6.09 Å². The largest absolute Gasteiger partial charge is 0.497 e. The molecule has 34 heavy (non-hydrogen) atoms. The minimum Gasteiger partial charge on any atom is -0.497 e. The zero-order chi connectivity index (χ0) is 23.9. The Balaban J connectivity index is 1.47. The lowest BCUT2D eigenvalue weighted by molar-refractivity contribution is -0.122. The number of carbonyl (C=O) groups excluding carboxylic acids is 2. The van der Waals surface area contributed by atoms with Gasteiger partial charge in [-0.15, -0.1) is 0 Å². The number of amides is 2. The highest BCUT2D eigenvalue weighted by Crippen LogP contribution is 2.33.